The van der Waals surface area contributed by atoms with Gasteiger partial charge in [-0.1, -0.05) is 32.3 Å². The van der Waals surface area contributed by atoms with Gasteiger partial charge in [0, 0.05) is 6.54 Å². The van der Waals surface area contributed by atoms with Crippen molar-refractivity contribution in [2.24, 2.45) is 0 Å². The Morgan fingerprint density at radius 2 is 2.25 bits per heavy atom. The second kappa shape index (κ2) is 3.58. The summed E-state index contributed by atoms with van der Waals surface area (Å²) in [4.78, 5) is 0. The molecule has 1 heterocycles. The van der Waals surface area contributed by atoms with Crippen LogP contribution in [0.25, 0.3) is 0 Å². The fourth-order valence-corrected chi connectivity index (χ4v) is 4.50. The molecular weight excluding hydrogens is 162 g/mol. The molecule has 0 unspecified atom stereocenters. The molecule has 1 nitrogen and oxygen atoms in total. The number of hydrogen-bond donors (Lipinski definition) is 0. The lowest BCUT2D eigenvalue weighted by molar-refractivity contribution is 0.499. The molecule has 0 aromatic rings. The lowest BCUT2D eigenvalue weighted by Crippen LogP contribution is -2.43. The normalized spacial score (nSPS) is 22.5. The highest BCUT2D eigenvalue weighted by molar-refractivity contribution is 6.75. The third-order valence-electron chi connectivity index (χ3n) is 2.76. The number of nitrogens with zero attached hydrogens (tertiary/aromatic N) is 1. The summed E-state index contributed by atoms with van der Waals surface area (Å²) >= 11 is 0. The van der Waals surface area contributed by atoms with E-state index in [4.69, 9.17) is 0 Å². The molecule has 12 heavy (non-hydrogen) atoms. The first-order chi connectivity index (χ1) is 5.56. The second-order valence-electron chi connectivity index (χ2n) is 4.20. The SMILES string of the molecule is C=CC(=C)CN1CCC[Si]1(C)C. The molecule has 0 N–H and O–H groups in total. The van der Waals surface area contributed by atoms with E-state index < -0.39 is 8.24 Å². The van der Waals surface area contributed by atoms with Crippen molar-refractivity contribution in [3.8, 4) is 0 Å². The minimum Gasteiger partial charge on any atom is -0.320 e. The van der Waals surface area contributed by atoms with Crippen molar-refractivity contribution in [1.82, 2.24) is 4.57 Å². The summed E-state index contributed by atoms with van der Waals surface area (Å²) in [7, 11) is -1.02. The third-order valence-corrected chi connectivity index (χ3v) is 6.43. The summed E-state index contributed by atoms with van der Waals surface area (Å²) in [5.74, 6) is 0. The monoisotopic (exact) mass is 181 g/mol. The van der Waals surface area contributed by atoms with Crippen molar-refractivity contribution < 1.29 is 0 Å². The Morgan fingerprint density at radius 1 is 1.58 bits per heavy atom. The quantitative estimate of drug-likeness (QED) is 0.478. The van der Waals surface area contributed by atoms with Crippen molar-refractivity contribution in [3.05, 3.63) is 24.8 Å². The van der Waals surface area contributed by atoms with E-state index in [1.165, 1.54) is 19.0 Å². The van der Waals surface area contributed by atoms with Crippen LogP contribution in [0.1, 0.15) is 6.42 Å². The zero-order valence-electron chi connectivity index (χ0n) is 8.27. The predicted molar refractivity (Wildman–Crippen MR) is 57.8 cm³/mol. The molecule has 68 valence electrons. The van der Waals surface area contributed by atoms with E-state index >= 15 is 0 Å². The first kappa shape index (κ1) is 9.74. The first-order valence-corrected chi connectivity index (χ1v) is 7.77. The van der Waals surface area contributed by atoms with Crippen molar-refractivity contribution in [2.75, 3.05) is 13.1 Å². The highest BCUT2D eigenvalue weighted by Crippen LogP contribution is 2.25. The predicted octanol–water partition coefficient (Wildman–Crippen LogP) is 2.64. The van der Waals surface area contributed by atoms with Gasteiger partial charge >= 0.3 is 0 Å². The molecule has 0 amide bonds. The molecule has 0 bridgehead atoms. The van der Waals surface area contributed by atoms with Gasteiger partial charge in [0.25, 0.3) is 0 Å². The van der Waals surface area contributed by atoms with Crippen LogP contribution >= 0.6 is 0 Å². The molecule has 0 aromatic heterocycles. The van der Waals surface area contributed by atoms with E-state index in [2.05, 4.69) is 30.8 Å². The van der Waals surface area contributed by atoms with Crippen LogP contribution in [0.5, 0.6) is 0 Å². The summed E-state index contributed by atoms with van der Waals surface area (Å²) in [6.07, 6.45) is 3.26. The molecule has 0 saturated carbocycles. The highest BCUT2D eigenvalue weighted by Gasteiger charge is 2.33. The molecular formula is C10H19NSi. The topological polar surface area (TPSA) is 3.24 Å². The highest BCUT2D eigenvalue weighted by atomic mass is 28.3. The zero-order chi connectivity index (χ0) is 9.19. The summed E-state index contributed by atoms with van der Waals surface area (Å²) in [6.45, 7) is 14.9. The smallest absolute Gasteiger partial charge is 0.122 e. The summed E-state index contributed by atoms with van der Waals surface area (Å²) in [5, 5.41) is 0. The Morgan fingerprint density at radius 3 is 2.67 bits per heavy atom. The van der Waals surface area contributed by atoms with Gasteiger partial charge in [0.2, 0.25) is 0 Å². The molecule has 1 aliphatic heterocycles. The zero-order valence-corrected chi connectivity index (χ0v) is 9.27. The Labute approximate surface area is 76.9 Å². The van der Waals surface area contributed by atoms with E-state index in [-0.39, 0.29) is 0 Å². The summed E-state index contributed by atoms with van der Waals surface area (Å²) in [6, 6.07) is 1.44. The van der Waals surface area contributed by atoms with Gasteiger partial charge in [0.1, 0.15) is 8.24 Å². The van der Waals surface area contributed by atoms with Gasteiger partial charge in [0.15, 0.2) is 0 Å². The van der Waals surface area contributed by atoms with Crippen molar-refractivity contribution in [1.29, 1.82) is 0 Å². The standard InChI is InChI=1S/C10H19NSi/c1-5-10(2)9-11-7-6-8-12(11,3)4/h5H,1-2,6-9H2,3-4H3. The van der Waals surface area contributed by atoms with Gasteiger partial charge in [-0.15, -0.1) is 0 Å². The van der Waals surface area contributed by atoms with Crippen LogP contribution in [0.3, 0.4) is 0 Å². The lowest BCUT2D eigenvalue weighted by Gasteiger charge is -2.29. The molecule has 1 fully saturated rings. The molecule has 2 heteroatoms. The molecule has 0 aliphatic carbocycles. The van der Waals surface area contributed by atoms with Crippen LogP contribution in [0.15, 0.2) is 24.8 Å². The van der Waals surface area contributed by atoms with Gasteiger partial charge < -0.3 is 4.57 Å². The van der Waals surface area contributed by atoms with Crippen LogP contribution in [0, 0.1) is 0 Å². The second-order valence-corrected chi connectivity index (χ2v) is 8.96. The van der Waals surface area contributed by atoms with E-state index in [0.29, 0.717) is 0 Å². The number of hydrogen-bond acceptors (Lipinski definition) is 1. The van der Waals surface area contributed by atoms with Gasteiger partial charge in [-0.2, -0.15) is 0 Å². The fraction of sp³-hybridized carbons (Fsp3) is 0.600. The minimum atomic E-state index is -1.02. The van der Waals surface area contributed by atoms with Gasteiger partial charge in [-0.3, -0.25) is 0 Å². The van der Waals surface area contributed by atoms with E-state index in [1.807, 2.05) is 6.08 Å². The van der Waals surface area contributed by atoms with Gasteiger partial charge in [-0.25, -0.2) is 0 Å². The molecule has 0 atom stereocenters. The molecule has 0 spiro atoms. The van der Waals surface area contributed by atoms with Crippen molar-refractivity contribution in [2.45, 2.75) is 25.6 Å². The molecule has 0 radical (unpaired) electrons. The Balaban J connectivity index is 2.52. The minimum absolute atomic E-state index is 1.02. The van der Waals surface area contributed by atoms with E-state index in [9.17, 15) is 0 Å². The maximum absolute atomic E-state index is 3.96. The largest absolute Gasteiger partial charge is 0.320 e. The average Bonchev–Trinajstić information content (AvgIpc) is 2.31. The molecule has 1 saturated heterocycles. The number of rotatable bonds is 3. The van der Waals surface area contributed by atoms with Crippen LogP contribution in [0.2, 0.25) is 19.1 Å². The van der Waals surface area contributed by atoms with Crippen LogP contribution < -0.4 is 0 Å². The first-order valence-electron chi connectivity index (χ1n) is 4.61. The van der Waals surface area contributed by atoms with E-state index in [1.54, 1.807) is 0 Å². The molecule has 0 aromatic carbocycles. The Bertz CT molecular complexity index is 196. The fourth-order valence-electron chi connectivity index (χ4n) is 1.77. The molecule has 1 rings (SSSR count). The van der Waals surface area contributed by atoms with Crippen LogP contribution in [-0.4, -0.2) is 25.9 Å². The Kier molecular flexibility index (Phi) is 2.91. The van der Waals surface area contributed by atoms with Crippen LogP contribution in [-0.2, 0) is 0 Å². The van der Waals surface area contributed by atoms with Crippen molar-refractivity contribution >= 4 is 8.24 Å². The molecule has 1 aliphatic rings. The summed E-state index contributed by atoms with van der Waals surface area (Å²) in [5.41, 5.74) is 1.16. The summed E-state index contributed by atoms with van der Waals surface area (Å²) < 4.78 is 2.62. The third kappa shape index (κ3) is 2.08. The van der Waals surface area contributed by atoms with Crippen molar-refractivity contribution in [3.63, 3.8) is 0 Å². The Hall–Kier alpha value is -0.343. The maximum Gasteiger partial charge on any atom is 0.122 e. The lowest BCUT2D eigenvalue weighted by atomic mass is 10.3. The van der Waals surface area contributed by atoms with Gasteiger partial charge in [-0.05, 0) is 24.6 Å². The average molecular weight is 181 g/mol. The van der Waals surface area contributed by atoms with E-state index in [0.717, 1.165) is 12.1 Å². The van der Waals surface area contributed by atoms with Gasteiger partial charge in [0.05, 0.1) is 0 Å². The van der Waals surface area contributed by atoms with Crippen LogP contribution in [0.4, 0.5) is 0 Å². The maximum atomic E-state index is 3.96.